The Kier molecular flexibility index (Phi) is 4.15. The number of H-pyrrole nitrogens is 1. The van der Waals surface area contributed by atoms with Gasteiger partial charge >= 0.3 is 0 Å². The van der Waals surface area contributed by atoms with Crippen LogP contribution in [0.5, 0.6) is 0 Å². The number of amides is 1. The van der Waals surface area contributed by atoms with Crippen molar-refractivity contribution in [3.05, 3.63) is 70.3 Å². The van der Waals surface area contributed by atoms with E-state index >= 15 is 0 Å². The summed E-state index contributed by atoms with van der Waals surface area (Å²) >= 11 is 3.43. The van der Waals surface area contributed by atoms with Crippen molar-refractivity contribution in [2.24, 2.45) is 0 Å². The van der Waals surface area contributed by atoms with Gasteiger partial charge in [0.1, 0.15) is 0 Å². The molecule has 1 fully saturated rings. The molecule has 1 saturated heterocycles. The SMILES string of the molecule is O=C(Cc1ccc(Br)cc1)N1CCC(c2cc3ccccc3[nH]2)C1. The summed E-state index contributed by atoms with van der Waals surface area (Å²) in [6, 6.07) is 18.5. The summed E-state index contributed by atoms with van der Waals surface area (Å²) in [6.07, 6.45) is 1.51. The number of fused-ring (bicyclic) bond motifs is 1. The third-order valence-electron chi connectivity index (χ3n) is 4.80. The summed E-state index contributed by atoms with van der Waals surface area (Å²) in [5, 5.41) is 1.24. The van der Waals surface area contributed by atoms with Crippen LogP contribution in [-0.4, -0.2) is 28.9 Å². The van der Waals surface area contributed by atoms with E-state index in [0.29, 0.717) is 12.3 Å². The van der Waals surface area contributed by atoms with Gasteiger partial charge in [-0.25, -0.2) is 0 Å². The van der Waals surface area contributed by atoms with Crippen molar-refractivity contribution in [3.8, 4) is 0 Å². The molecule has 0 radical (unpaired) electrons. The van der Waals surface area contributed by atoms with Crippen molar-refractivity contribution in [1.82, 2.24) is 9.88 Å². The minimum Gasteiger partial charge on any atom is -0.358 e. The van der Waals surface area contributed by atoms with Gasteiger partial charge in [-0.1, -0.05) is 46.3 Å². The van der Waals surface area contributed by atoms with Crippen LogP contribution in [0.15, 0.2) is 59.1 Å². The largest absolute Gasteiger partial charge is 0.358 e. The lowest BCUT2D eigenvalue weighted by atomic mass is 10.1. The lowest BCUT2D eigenvalue weighted by molar-refractivity contribution is -0.129. The number of likely N-dealkylation sites (tertiary alicyclic amines) is 1. The van der Waals surface area contributed by atoms with Crippen LogP contribution in [0, 0.1) is 0 Å². The van der Waals surface area contributed by atoms with Crippen LogP contribution < -0.4 is 0 Å². The highest BCUT2D eigenvalue weighted by atomic mass is 79.9. The molecule has 1 aliphatic rings. The number of aromatic nitrogens is 1. The van der Waals surface area contributed by atoms with Crippen molar-refractivity contribution in [2.75, 3.05) is 13.1 Å². The molecule has 0 bridgehead atoms. The predicted molar refractivity (Wildman–Crippen MR) is 100 cm³/mol. The molecule has 1 aromatic heterocycles. The molecule has 3 aromatic rings. The van der Waals surface area contributed by atoms with Crippen molar-refractivity contribution in [1.29, 1.82) is 0 Å². The summed E-state index contributed by atoms with van der Waals surface area (Å²) in [6.45, 7) is 1.65. The smallest absolute Gasteiger partial charge is 0.227 e. The quantitative estimate of drug-likeness (QED) is 0.711. The van der Waals surface area contributed by atoms with E-state index in [9.17, 15) is 4.79 Å². The van der Waals surface area contributed by atoms with Crippen LogP contribution >= 0.6 is 15.9 Å². The highest BCUT2D eigenvalue weighted by molar-refractivity contribution is 9.10. The first-order chi connectivity index (χ1) is 11.7. The normalized spacial score (nSPS) is 17.5. The Bertz CT molecular complexity index is 836. The van der Waals surface area contributed by atoms with Gasteiger partial charge in [-0.15, -0.1) is 0 Å². The number of carbonyl (C=O) groups excluding carboxylic acids is 1. The van der Waals surface area contributed by atoms with Crippen molar-refractivity contribution < 1.29 is 4.79 Å². The number of benzene rings is 2. The Morgan fingerprint density at radius 1 is 1.17 bits per heavy atom. The average Bonchev–Trinajstić information content (AvgIpc) is 3.23. The second-order valence-corrected chi connectivity index (χ2v) is 7.36. The summed E-state index contributed by atoms with van der Waals surface area (Å²) in [7, 11) is 0. The lowest BCUT2D eigenvalue weighted by Crippen LogP contribution is -2.29. The van der Waals surface area contributed by atoms with Crippen molar-refractivity contribution in [2.45, 2.75) is 18.8 Å². The fourth-order valence-electron chi connectivity index (χ4n) is 3.45. The fraction of sp³-hybridized carbons (Fsp3) is 0.250. The number of rotatable bonds is 3. The van der Waals surface area contributed by atoms with E-state index in [4.69, 9.17) is 0 Å². The highest BCUT2D eigenvalue weighted by Crippen LogP contribution is 2.29. The maximum Gasteiger partial charge on any atom is 0.227 e. The second-order valence-electron chi connectivity index (χ2n) is 6.44. The van der Waals surface area contributed by atoms with Gasteiger partial charge in [0, 0.05) is 34.7 Å². The molecule has 1 N–H and O–H groups in total. The summed E-state index contributed by atoms with van der Waals surface area (Å²) in [4.78, 5) is 18.1. The summed E-state index contributed by atoms with van der Waals surface area (Å²) < 4.78 is 1.04. The molecule has 122 valence electrons. The summed E-state index contributed by atoms with van der Waals surface area (Å²) in [5.41, 5.74) is 3.49. The third kappa shape index (κ3) is 3.11. The molecule has 0 aliphatic carbocycles. The topological polar surface area (TPSA) is 36.1 Å². The zero-order chi connectivity index (χ0) is 16.5. The standard InChI is InChI=1S/C20H19BrN2O/c21-17-7-5-14(6-8-17)11-20(24)23-10-9-16(13-23)19-12-15-3-1-2-4-18(15)22-19/h1-8,12,16,22H,9-11,13H2. The van der Waals surface area contributed by atoms with E-state index in [1.54, 1.807) is 0 Å². The molecular weight excluding hydrogens is 364 g/mol. The van der Waals surface area contributed by atoms with E-state index in [0.717, 1.165) is 29.5 Å². The van der Waals surface area contributed by atoms with E-state index in [1.165, 1.54) is 16.6 Å². The van der Waals surface area contributed by atoms with Gasteiger partial charge in [-0.2, -0.15) is 0 Å². The second kappa shape index (κ2) is 6.44. The Morgan fingerprint density at radius 3 is 2.75 bits per heavy atom. The molecule has 2 aromatic carbocycles. The summed E-state index contributed by atoms with van der Waals surface area (Å²) in [5.74, 6) is 0.627. The van der Waals surface area contributed by atoms with E-state index in [2.05, 4.69) is 45.2 Å². The number of para-hydroxylation sites is 1. The number of aromatic amines is 1. The fourth-order valence-corrected chi connectivity index (χ4v) is 3.71. The number of nitrogens with zero attached hydrogens (tertiary/aromatic N) is 1. The molecule has 1 amide bonds. The molecule has 3 nitrogen and oxygen atoms in total. The Morgan fingerprint density at radius 2 is 1.96 bits per heavy atom. The van der Waals surface area contributed by atoms with Crippen LogP contribution in [0.3, 0.4) is 0 Å². The van der Waals surface area contributed by atoms with Crippen molar-refractivity contribution in [3.63, 3.8) is 0 Å². The molecule has 4 rings (SSSR count). The average molecular weight is 383 g/mol. The lowest BCUT2D eigenvalue weighted by Gasteiger charge is -2.16. The molecule has 1 aliphatic heterocycles. The van der Waals surface area contributed by atoms with Gasteiger partial charge in [0.25, 0.3) is 0 Å². The van der Waals surface area contributed by atoms with Crippen LogP contribution in [0.2, 0.25) is 0 Å². The molecule has 0 spiro atoms. The maximum atomic E-state index is 12.6. The minimum absolute atomic E-state index is 0.218. The number of carbonyl (C=O) groups is 1. The molecule has 0 saturated carbocycles. The van der Waals surface area contributed by atoms with Crippen LogP contribution in [0.1, 0.15) is 23.6 Å². The van der Waals surface area contributed by atoms with Crippen molar-refractivity contribution >= 4 is 32.7 Å². The monoisotopic (exact) mass is 382 g/mol. The number of halogens is 1. The van der Waals surface area contributed by atoms with Gasteiger partial charge in [0.15, 0.2) is 0 Å². The number of hydrogen-bond acceptors (Lipinski definition) is 1. The third-order valence-corrected chi connectivity index (χ3v) is 5.33. The molecule has 1 unspecified atom stereocenters. The van der Waals surface area contributed by atoms with E-state index in [-0.39, 0.29) is 5.91 Å². The first kappa shape index (κ1) is 15.5. The van der Waals surface area contributed by atoms with Gasteiger partial charge in [-0.05, 0) is 41.6 Å². The first-order valence-corrected chi connectivity index (χ1v) is 9.08. The van der Waals surface area contributed by atoms with Crippen LogP contribution in [0.4, 0.5) is 0 Å². The van der Waals surface area contributed by atoms with Gasteiger partial charge in [0.05, 0.1) is 6.42 Å². The van der Waals surface area contributed by atoms with Gasteiger partial charge < -0.3 is 9.88 Å². The Hall–Kier alpha value is -2.07. The molecule has 1 atom stereocenters. The highest BCUT2D eigenvalue weighted by Gasteiger charge is 2.28. The van der Waals surface area contributed by atoms with Crippen LogP contribution in [0.25, 0.3) is 10.9 Å². The molecular formula is C20H19BrN2O. The molecule has 24 heavy (non-hydrogen) atoms. The molecule has 2 heterocycles. The Labute approximate surface area is 149 Å². The van der Waals surface area contributed by atoms with Gasteiger partial charge in [0.2, 0.25) is 5.91 Å². The predicted octanol–water partition coefficient (Wildman–Crippen LogP) is 4.49. The Balaban J connectivity index is 1.43. The zero-order valence-corrected chi connectivity index (χ0v) is 14.9. The van der Waals surface area contributed by atoms with E-state index < -0.39 is 0 Å². The van der Waals surface area contributed by atoms with Crippen LogP contribution in [-0.2, 0) is 11.2 Å². The maximum absolute atomic E-state index is 12.6. The number of nitrogens with one attached hydrogen (secondary N) is 1. The minimum atomic E-state index is 0.218. The number of hydrogen-bond donors (Lipinski definition) is 1. The molecule has 4 heteroatoms. The van der Waals surface area contributed by atoms with E-state index in [1.807, 2.05) is 35.2 Å². The van der Waals surface area contributed by atoms with Gasteiger partial charge in [-0.3, -0.25) is 4.79 Å². The first-order valence-electron chi connectivity index (χ1n) is 8.29. The zero-order valence-electron chi connectivity index (χ0n) is 13.3.